The van der Waals surface area contributed by atoms with E-state index in [4.69, 9.17) is 4.74 Å². The standard InChI is InChI=1S/C18H25N3O2S/c1-21(2)17(15-9-11-24-13-15)12-20-18(22)19-10-8-14-4-6-16(23-3)7-5-14/h4-7,9,11,13,17H,8,10,12H2,1-3H3,(H2,19,20,22). The third-order valence-electron chi connectivity index (χ3n) is 3.87. The van der Waals surface area contributed by atoms with E-state index in [1.165, 1.54) is 11.1 Å². The van der Waals surface area contributed by atoms with Gasteiger partial charge in [-0.1, -0.05) is 12.1 Å². The van der Waals surface area contributed by atoms with E-state index in [0.717, 1.165) is 12.2 Å². The number of hydrogen-bond acceptors (Lipinski definition) is 4. The molecule has 0 radical (unpaired) electrons. The number of nitrogens with one attached hydrogen (secondary N) is 2. The largest absolute Gasteiger partial charge is 0.497 e. The number of carbonyl (C=O) groups is 1. The number of thiophene rings is 1. The van der Waals surface area contributed by atoms with Crippen LogP contribution in [0.5, 0.6) is 5.75 Å². The van der Waals surface area contributed by atoms with Crippen LogP contribution in [-0.4, -0.2) is 45.2 Å². The lowest BCUT2D eigenvalue weighted by Crippen LogP contribution is -2.41. The van der Waals surface area contributed by atoms with Gasteiger partial charge in [-0.15, -0.1) is 0 Å². The lowest BCUT2D eigenvalue weighted by Gasteiger charge is -2.24. The zero-order chi connectivity index (χ0) is 17.4. The molecule has 2 rings (SSSR count). The second-order valence-corrected chi connectivity index (χ2v) is 6.55. The number of nitrogens with zero attached hydrogens (tertiary/aromatic N) is 1. The monoisotopic (exact) mass is 347 g/mol. The Labute approximate surface area is 147 Å². The van der Waals surface area contributed by atoms with Crippen LogP contribution >= 0.6 is 11.3 Å². The molecule has 1 heterocycles. The minimum atomic E-state index is -0.134. The van der Waals surface area contributed by atoms with Crippen LogP contribution in [-0.2, 0) is 6.42 Å². The van der Waals surface area contributed by atoms with Crippen molar-refractivity contribution in [2.24, 2.45) is 0 Å². The average molecular weight is 347 g/mol. The SMILES string of the molecule is COc1ccc(CCNC(=O)NCC(c2ccsc2)N(C)C)cc1. The van der Waals surface area contributed by atoms with E-state index < -0.39 is 0 Å². The molecule has 0 spiro atoms. The van der Waals surface area contributed by atoms with Crippen molar-refractivity contribution in [2.45, 2.75) is 12.5 Å². The van der Waals surface area contributed by atoms with Crippen LogP contribution in [0.1, 0.15) is 17.2 Å². The first-order valence-corrected chi connectivity index (χ1v) is 8.87. The Morgan fingerprint density at radius 2 is 1.96 bits per heavy atom. The number of hydrogen-bond donors (Lipinski definition) is 2. The van der Waals surface area contributed by atoms with Crippen LogP contribution in [0.3, 0.4) is 0 Å². The van der Waals surface area contributed by atoms with Gasteiger partial charge in [-0.2, -0.15) is 11.3 Å². The van der Waals surface area contributed by atoms with Gasteiger partial charge in [-0.3, -0.25) is 0 Å². The lowest BCUT2D eigenvalue weighted by molar-refractivity contribution is 0.233. The first kappa shape index (κ1) is 18.3. The fourth-order valence-electron chi connectivity index (χ4n) is 2.43. The van der Waals surface area contributed by atoms with Gasteiger partial charge >= 0.3 is 6.03 Å². The van der Waals surface area contributed by atoms with Crippen LogP contribution in [0.4, 0.5) is 4.79 Å². The molecule has 2 N–H and O–H groups in total. The maximum atomic E-state index is 12.0. The highest BCUT2D eigenvalue weighted by Gasteiger charge is 2.15. The van der Waals surface area contributed by atoms with Crippen molar-refractivity contribution in [3.05, 3.63) is 52.2 Å². The summed E-state index contributed by atoms with van der Waals surface area (Å²) in [4.78, 5) is 14.1. The number of urea groups is 1. The van der Waals surface area contributed by atoms with Gasteiger partial charge in [0.1, 0.15) is 5.75 Å². The predicted octanol–water partition coefficient (Wildman–Crippen LogP) is 2.90. The first-order valence-electron chi connectivity index (χ1n) is 7.93. The molecule has 1 aromatic carbocycles. The molecule has 6 heteroatoms. The van der Waals surface area contributed by atoms with Crippen molar-refractivity contribution in [1.82, 2.24) is 15.5 Å². The van der Waals surface area contributed by atoms with Crippen molar-refractivity contribution in [3.63, 3.8) is 0 Å². The molecule has 0 aliphatic rings. The van der Waals surface area contributed by atoms with E-state index in [0.29, 0.717) is 13.1 Å². The Morgan fingerprint density at radius 3 is 2.54 bits per heavy atom. The summed E-state index contributed by atoms with van der Waals surface area (Å²) >= 11 is 1.67. The molecule has 0 bridgehead atoms. The van der Waals surface area contributed by atoms with Crippen molar-refractivity contribution >= 4 is 17.4 Å². The quantitative estimate of drug-likeness (QED) is 0.772. The number of methoxy groups -OCH3 is 1. The zero-order valence-corrected chi connectivity index (χ0v) is 15.2. The number of benzene rings is 1. The molecular formula is C18H25N3O2S. The number of amides is 2. The Hall–Kier alpha value is -2.05. The van der Waals surface area contributed by atoms with Gasteiger partial charge in [0.2, 0.25) is 0 Å². The highest BCUT2D eigenvalue weighted by Crippen LogP contribution is 2.19. The van der Waals surface area contributed by atoms with E-state index in [1.807, 2.05) is 38.4 Å². The summed E-state index contributed by atoms with van der Waals surface area (Å²) in [7, 11) is 5.69. The van der Waals surface area contributed by atoms with E-state index >= 15 is 0 Å². The number of likely N-dealkylation sites (N-methyl/N-ethyl adjacent to an activating group) is 1. The average Bonchev–Trinajstić information content (AvgIpc) is 3.09. The zero-order valence-electron chi connectivity index (χ0n) is 14.4. The Balaban J connectivity index is 1.72. The predicted molar refractivity (Wildman–Crippen MR) is 98.8 cm³/mol. The summed E-state index contributed by atoms with van der Waals surface area (Å²) in [5.74, 6) is 0.840. The molecule has 0 aliphatic heterocycles. The van der Waals surface area contributed by atoms with E-state index in [2.05, 4.69) is 32.4 Å². The van der Waals surface area contributed by atoms with Crippen LogP contribution in [0.15, 0.2) is 41.1 Å². The molecule has 0 saturated carbocycles. The Kier molecular flexibility index (Phi) is 7.08. The van der Waals surface area contributed by atoms with Crippen molar-refractivity contribution in [3.8, 4) is 5.75 Å². The van der Waals surface area contributed by atoms with Gasteiger partial charge < -0.3 is 20.3 Å². The summed E-state index contributed by atoms with van der Waals surface area (Å²) in [6.45, 7) is 1.18. The molecular weight excluding hydrogens is 322 g/mol. The van der Waals surface area contributed by atoms with E-state index in [1.54, 1.807) is 18.4 Å². The summed E-state index contributed by atoms with van der Waals surface area (Å²) in [6, 6.07) is 10.0. The van der Waals surface area contributed by atoms with Crippen LogP contribution < -0.4 is 15.4 Å². The van der Waals surface area contributed by atoms with Gasteiger partial charge in [0, 0.05) is 13.1 Å². The molecule has 1 atom stereocenters. The summed E-state index contributed by atoms with van der Waals surface area (Å²) in [5.41, 5.74) is 2.39. The maximum Gasteiger partial charge on any atom is 0.314 e. The van der Waals surface area contributed by atoms with Crippen LogP contribution in [0, 0.1) is 0 Å². The number of carbonyl (C=O) groups excluding carboxylic acids is 1. The third kappa shape index (κ3) is 5.54. The minimum absolute atomic E-state index is 0.134. The highest BCUT2D eigenvalue weighted by molar-refractivity contribution is 7.07. The van der Waals surface area contributed by atoms with E-state index in [9.17, 15) is 4.79 Å². The van der Waals surface area contributed by atoms with Crippen LogP contribution in [0.2, 0.25) is 0 Å². The van der Waals surface area contributed by atoms with Gasteiger partial charge in [-0.25, -0.2) is 4.79 Å². The molecule has 2 aromatic rings. The fraction of sp³-hybridized carbons (Fsp3) is 0.389. The van der Waals surface area contributed by atoms with Crippen LogP contribution in [0.25, 0.3) is 0 Å². The summed E-state index contributed by atoms with van der Waals surface area (Å²) < 4.78 is 5.13. The molecule has 0 aliphatic carbocycles. The van der Waals surface area contributed by atoms with Gasteiger partial charge in [0.25, 0.3) is 0 Å². The topological polar surface area (TPSA) is 53.6 Å². The Morgan fingerprint density at radius 1 is 1.21 bits per heavy atom. The lowest BCUT2D eigenvalue weighted by atomic mass is 10.1. The maximum absolute atomic E-state index is 12.0. The highest BCUT2D eigenvalue weighted by atomic mass is 32.1. The second kappa shape index (κ2) is 9.30. The molecule has 2 amide bonds. The molecule has 0 saturated heterocycles. The number of ether oxygens (including phenoxy) is 1. The van der Waals surface area contributed by atoms with E-state index in [-0.39, 0.29) is 12.1 Å². The molecule has 1 unspecified atom stereocenters. The van der Waals surface area contributed by atoms with Gasteiger partial charge in [-0.05, 0) is 60.6 Å². The molecule has 24 heavy (non-hydrogen) atoms. The Bertz CT molecular complexity index is 612. The molecule has 0 fully saturated rings. The van der Waals surface area contributed by atoms with Crippen molar-refractivity contribution < 1.29 is 9.53 Å². The van der Waals surface area contributed by atoms with Gasteiger partial charge in [0.15, 0.2) is 0 Å². The molecule has 1 aromatic heterocycles. The number of rotatable bonds is 8. The smallest absolute Gasteiger partial charge is 0.314 e. The van der Waals surface area contributed by atoms with Crippen molar-refractivity contribution in [1.29, 1.82) is 0 Å². The summed E-state index contributed by atoms with van der Waals surface area (Å²) in [6.07, 6.45) is 0.791. The second-order valence-electron chi connectivity index (χ2n) is 5.77. The minimum Gasteiger partial charge on any atom is -0.497 e. The summed E-state index contributed by atoms with van der Waals surface area (Å²) in [5, 5.41) is 10.0. The third-order valence-corrected chi connectivity index (χ3v) is 4.57. The fourth-order valence-corrected chi connectivity index (χ4v) is 3.13. The van der Waals surface area contributed by atoms with Gasteiger partial charge in [0.05, 0.1) is 13.2 Å². The first-order chi connectivity index (χ1) is 11.6. The molecule has 5 nitrogen and oxygen atoms in total. The van der Waals surface area contributed by atoms with Crippen molar-refractivity contribution in [2.75, 3.05) is 34.3 Å². The molecule has 130 valence electrons. The normalized spacial score (nSPS) is 12.0.